The van der Waals surface area contributed by atoms with E-state index in [1.165, 1.54) is 0 Å². The zero-order valence-corrected chi connectivity index (χ0v) is 11.7. The van der Waals surface area contributed by atoms with Gasteiger partial charge in [0.1, 0.15) is 0 Å². The minimum atomic E-state index is -0.461. The summed E-state index contributed by atoms with van der Waals surface area (Å²) in [5.74, 6) is 1.54. The number of rotatable bonds is 8. The van der Waals surface area contributed by atoms with Gasteiger partial charge in [0, 0.05) is 35.2 Å². The van der Waals surface area contributed by atoms with Crippen LogP contribution in [0.2, 0.25) is 5.02 Å². The molecule has 0 unspecified atom stereocenters. The van der Waals surface area contributed by atoms with Gasteiger partial charge in [-0.3, -0.25) is 4.79 Å². The summed E-state index contributed by atoms with van der Waals surface area (Å²) in [6.07, 6.45) is 1.89. The summed E-state index contributed by atoms with van der Waals surface area (Å²) in [6, 6.07) is 5.12. The van der Waals surface area contributed by atoms with Crippen LogP contribution in [0.4, 0.5) is 0 Å². The summed E-state index contributed by atoms with van der Waals surface area (Å²) in [5.41, 5.74) is 6.58. The molecule has 1 amide bonds. The molecule has 1 aromatic carbocycles. The van der Waals surface area contributed by atoms with Crippen LogP contribution in [0.25, 0.3) is 0 Å². The maximum absolute atomic E-state index is 11.0. The van der Waals surface area contributed by atoms with Gasteiger partial charge in [-0.2, -0.15) is 11.8 Å². The van der Waals surface area contributed by atoms with Gasteiger partial charge in [0.15, 0.2) is 0 Å². The third kappa shape index (κ3) is 5.12. The summed E-state index contributed by atoms with van der Waals surface area (Å²) in [7, 11) is 0. The Hall–Kier alpha value is -0.970. The zero-order valence-electron chi connectivity index (χ0n) is 10.1. The standard InChI is InChI=1S/C13H17ClN2OS/c1-2-6-18-7-5-16-9-11-4-3-10(13(15)17)8-12(11)14/h2-4,8,16H,1,5-7,9H2,(H2,15,17). The summed E-state index contributed by atoms with van der Waals surface area (Å²) in [5, 5.41) is 3.86. The molecule has 5 heteroatoms. The van der Waals surface area contributed by atoms with Crippen LogP contribution in [0.5, 0.6) is 0 Å². The fourth-order valence-electron chi connectivity index (χ4n) is 1.38. The summed E-state index contributed by atoms with van der Waals surface area (Å²) < 4.78 is 0. The Morgan fingerprint density at radius 2 is 2.33 bits per heavy atom. The number of nitrogens with one attached hydrogen (secondary N) is 1. The van der Waals surface area contributed by atoms with Crippen molar-refractivity contribution in [1.82, 2.24) is 5.32 Å². The maximum Gasteiger partial charge on any atom is 0.248 e. The first-order valence-electron chi connectivity index (χ1n) is 5.62. The molecule has 0 aliphatic heterocycles. The molecule has 0 saturated heterocycles. The first-order valence-corrected chi connectivity index (χ1v) is 7.16. The van der Waals surface area contributed by atoms with Crippen LogP contribution in [0, 0.1) is 0 Å². The van der Waals surface area contributed by atoms with Gasteiger partial charge < -0.3 is 11.1 Å². The number of benzene rings is 1. The lowest BCUT2D eigenvalue weighted by Crippen LogP contribution is -2.17. The predicted molar refractivity (Wildman–Crippen MR) is 79.2 cm³/mol. The molecule has 0 aliphatic carbocycles. The van der Waals surface area contributed by atoms with E-state index in [4.69, 9.17) is 17.3 Å². The van der Waals surface area contributed by atoms with E-state index in [9.17, 15) is 4.79 Å². The van der Waals surface area contributed by atoms with Crippen LogP contribution >= 0.6 is 23.4 Å². The molecule has 0 aliphatic rings. The summed E-state index contributed by atoms with van der Waals surface area (Å²) in [6.45, 7) is 5.26. The van der Waals surface area contributed by atoms with Gasteiger partial charge in [-0.25, -0.2) is 0 Å². The lowest BCUT2D eigenvalue weighted by Gasteiger charge is -2.07. The molecular formula is C13H17ClN2OS. The van der Waals surface area contributed by atoms with Crippen molar-refractivity contribution in [3.63, 3.8) is 0 Å². The Morgan fingerprint density at radius 1 is 1.56 bits per heavy atom. The fourth-order valence-corrected chi connectivity index (χ4v) is 2.25. The second kappa shape index (κ2) is 8.19. The Morgan fingerprint density at radius 3 is 2.94 bits per heavy atom. The summed E-state index contributed by atoms with van der Waals surface area (Å²) in [4.78, 5) is 11.0. The number of thioether (sulfide) groups is 1. The Bertz CT molecular complexity index is 423. The largest absolute Gasteiger partial charge is 0.366 e. The number of primary amides is 1. The monoisotopic (exact) mass is 284 g/mol. The van der Waals surface area contributed by atoms with E-state index < -0.39 is 5.91 Å². The summed E-state index contributed by atoms with van der Waals surface area (Å²) >= 11 is 7.89. The highest BCUT2D eigenvalue weighted by atomic mass is 35.5. The fraction of sp³-hybridized carbons (Fsp3) is 0.308. The predicted octanol–water partition coefficient (Wildman–Crippen LogP) is 2.45. The molecule has 98 valence electrons. The third-order valence-corrected chi connectivity index (χ3v) is 3.63. The van der Waals surface area contributed by atoms with E-state index in [0.717, 1.165) is 23.6 Å². The molecule has 0 aromatic heterocycles. The maximum atomic E-state index is 11.0. The molecule has 0 spiro atoms. The molecule has 0 saturated carbocycles. The minimum absolute atomic E-state index is 0.435. The van der Waals surface area contributed by atoms with Gasteiger partial charge in [-0.1, -0.05) is 23.7 Å². The van der Waals surface area contributed by atoms with Gasteiger partial charge >= 0.3 is 0 Å². The molecule has 18 heavy (non-hydrogen) atoms. The van der Waals surface area contributed by atoms with Crippen LogP contribution in [-0.4, -0.2) is 24.0 Å². The topological polar surface area (TPSA) is 55.1 Å². The van der Waals surface area contributed by atoms with Crippen LogP contribution in [0.1, 0.15) is 15.9 Å². The van der Waals surface area contributed by atoms with Gasteiger partial charge in [-0.15, -0.1) is 6.58 Å². The smallest absolute Gasteiger partial charge is 0.248 e. The van der Waals surface area contributed by atoms with Crippen molar-refractivity contribution in [1.29, 1.82) is 0 Å². The molecule has 0 atom stereocenters. The van der Waals surface area contributed by atoms with E-state index >= 15 is 0 Å². The third-order valence-electron chi connectivity index (χ3n) is 2.31. The normalized spacial score (nSPS) is 10.3. The molecule has 1 aromatic rings. The molecule has 3 nitrogen and oxygen atoms in total. The van der Waals surface area contributed by atoms with E-state index in [1.54, 1.807) is 12.1 Å². The number of hydrogen-bond donors (Lipinski definition) is 2. The van der Waals surface area contributed by atoms with Crippen molar-refractivity contribution in [3.8, 4) is 0 Å². The Balaban J connectivity index is 2.38. The van der Waals surface area contributed by atoms with Crippen molar-refractivity contribution in [2.24, 2.45) is 5.73 Å². The van der Waals surface area contributed by atoms with Crippen molar-refractivity contribution >= 4 is 29.3 Å². The van der Waals surface area contributed by atoms with Crippen molar-refractivity contribution in [2.75, 3.05) is 18.1 Å². The number of halogens is 1. The van der Waals surface area contributed by atoms with Gasteiger partial charge in [0.2, 0.25) is 5.91 Å². The van der Waals surface area contributed by atoms with Crippen LogP contribution in [-0.2, 0) is 6.54 Å². The lowest BCUT2D eigenvalue weighted by molar-refractivity contribution is 0.100. The highest BCUT2D eigenvalue weighted by molar-refractivity contribution is 7.99. The number of nitrogens with two attached hydrogens (primary N) is 1. The van der Waals surface area contributed by atoms with E-state index in [-0.39, 0.29) is 0 Å². The molecule has 0 fully saturated rings. The molecule has 1 rings (SSSR count). The average molecular weight is 285 g/mol. The molecule has 3 N–H and O–H groups in total. The molecule has 0 radical (unpaired) electrons. The quantitative estimate of drug-likeness (QED) is 0.569. The number of amides is 1. The van der Waals surface area contributed by atoms with Crippen molar-refractivity contribution in [3.05, 3.63) is 47.0 Å². The average Bonchev–Trinajstić information content (AvgIpc) is 2.35. The van der Waals surface area contributed by atoms with E-state index in [2.05, 4.69) is 11.9 Å². The molecular weight excluding hydrogens is 268 g/mol. The number of carbonyl (C=O) groups is 1. The first kappa shape index (κ1) is 15.1. The van der Waals surface area contributed by atoms with Crippen molar-refractivity contribution in [2.45, 2.75) is 6.54 Å². The van der Waals surface area contributed by atoms with Gasteiger partial charge in [-0.05, 0) is 17.7 Å². The van der Waals surface area contributed by atoms with Gasteiger partial charge in [0.05, 0.1) is 0 Å². The Kier molecular flexibility index (Phi) is 6.86. The van der Waals surface area contributed by atoms with Crippen LogP contribution in [0.3, 0.4) is 0 Å². The van der Waals surface area contributed by atoms with Crippen LogP contribution in [0.15, 0.2) is 30.9 Å². The zero-order chi connectivity index (χ0) is 13.4. The number of carbonyl (C=O) groups excluding carboxylic acids is 1. The highest BCUT2D eigenvalue weighted by Gasteiger charge is 2.05. The first-order chi connectivity index (χ1) is 8.65. The van der Waals surface area contributed by atoms with E-state index in [1.807, 2.05) is 23.9 Å². The highest BCUT2D eigenvalue weighted by Crippen LogP contribution is 2.17. The molecule has 0 heterocycles. The second-order valence-electron chi connectivity index (χ2n) is 3.71. The SMILES string of the molecule is C=CCSCCNCc1ccc(C(N)=O)cc1Cl. The molecule has 0 bridgehead atoms. The second-order valence-corrected chi connectivity index (χ2v) is 5.27. The number of hydrogen-bond acceptors (Lipinski definition) is 3. The van der Waals surface area contributed by atoms with Crippen LogP contribution < -0.4 is 11.1 Å². The minimum Gasteiger partial charge on any atom is -0.366 e. The lowest BCUT2D eigenvalue weighted by atomic mass is 10.1. The van der Waals surface area contributed by atoms with Crippen molar-refractivity contribution < 1.29 is 4.79 Å². The Labute approximate surface area is 117 Å². The van der Waals surface area contributed by atoms with E-state index in [0.29, 0.717) is 17.1 Å². The van der Waals surface area contributed by atoms with Gasteiger partial charge in [0.25, 0.3) is 0 Å².